The molecule has 7 rings (SSSR count). The maximum absolute atomic E-state index is 14.1. The van der Waals surface area contributed by atoms with Crippen LogP contribution in [0.2, 0.25) is 0 Å². The summed E-state index contributed by atoms with van der Waals surface area (Å²) >= 11 is 0. The lowest BCUT2D eigenvalue weighted by Crippen LogP contribution is -2.76. The molecule has 0 spiro atoms. The van der Waals surface area contributed by atoms with E-state index in [-0.39, 0.29) is 51.9 Å². The van der Waals surface area contributed by atoms with Crippen molar-refractivity contribution in [1.29, 1.82) is 0 Å². The molecule has 2 saturated heterocycles. The number of aliphatic hydroxyl groups is 3. The third-order valence-corrected chi connectivity index (χ3v) is 16.4. The lowest BCUT2D eigenvalue weighted by molar-refractivity contribution is -0.372. The fraction of sp³-hybridized carbons (Fsp3) is 0.872. The van der Waals surface area contributed by atoms with Gasteiger partial charge in [-0.1, -0.05) is 46.3 Å². The fourth-order valence-electron chi connectivity index (χ4n) is 13.4. The first-order chi connectivity index (χ1) is 23.3. The number of amides is 1. The molecule has 2 heterocycles. The maximum atomic E-state index is 14.1. The van der Waals surface area contributed by atoms with Gasteiger partial charge in [-0.15, -0.1) is 0 Å². The zero-order valence-corrected chi connectivity index (χ0v) is 30.9. The van der Waals surface area contributed by atoms with Crippen LogP contribution < -0.4 is 5.32 Å². The zero-order valence-electron chi connectivity index (χ0n) is 30.9. The number of ether oxygens (including phenoxy) is 3. The Hall–Kier alpha value is -2.05. The summed E-state index contributed by atoms with van der Waals surface area (Å²) < 4.78 is 17.3. The number of esters is 1. The minimum absolute atomic E-state index is 0.00253. The van der Waals surface area contributed by atoms with E-state index in [1.807, 2.05) is 0 Å². The van der Waals surface area contributed by atoms with E-state index in [4.69, 9.17) is 14.2 Å². The first kappa shape index (κ1) is 36.3. The largest absolute Gasteiger partial charge is 0.479 e. The van der Waals surface area contributed by atoms with Gasteiger partial charge in [-0.2, -0.15) is 0 Å². The summed E-state index contributed by atoms with van der Waals surface area (Å²) in [5.41, 5.74) is 0.422. The second-order valence-corrected chi connectivity index (χ2v) is 18.9. The van der Waals surface area contributed by atoms with Crippen LogP contribution in [0.1, 0.15) is 106 Å². The van der Waals surface area contributed by atoms with Crippen molar-refractivity contribution >= 4 is 17.8 Å². The highest BCUT2D eigenvalue weighted by molar-refractivity contribution is 5.87. The number of rotatable bonds is 5. The maximum Gasteiger partial charge on any atom is 0.335 e. The number of aliphatic carboxylic acids is 1. The van der Waals surface area contributed by atoms with Crippen LogP contribution in [0.4, 0.5) is 0 Å². The number of carbonyl (C=O) groups is 3. The van der Waals surface area contributed by atoms with Gasteiger partial charge in [0.25, 0.3) is 0 Å². The van der Waals surface area contributed by atoms with Crippen LogP contribution in [0.15, 0.2) is 11.6 Å². The van der Waals surface area contributed by atoms with Gasteiger partial charge in [0.2, 0.25) is 5.91 Å². The smallest absolute Gasteiger partial charge is 0.335 e. The molecule has 7 aliphatic rings. The minimum atomic E-state index is -1.72. The summed E-state index contributed by atoms with van der Waals surface area (Å²) in [7, 11) is 1.34. The van der Waals surface area contributed by atoms with Crippen molar-refractivity contribution in [2.75, 3.05) is 13.7 Å². The van der Waals surface area contributed by atoms with Crippen molar-refractivity contribution < 1.29 is 49.0 Å². The molecular formula is C39H59NO10. The molecule has 6 unspecified atom stereocenters. The third kappa shape index (κ3) is 4.81. The second-order valence-electron chi connectivity index (χ2n) is 18.9. The predicted octanol–water partition coefficient (Wildman–Crippen LogP) is 3.76. The van der Waals surface area contributed by atoms with Gasteiger partial charge in [0.15, 0.2) is 6.10 Å². The Morgan fingerprint density at radius 2 is 1.58 bits per heavy atom. The van der Waals surface area contributed by atoms with Gasteiger partial charge in [0.05, 0.1) is 24.2 Å². The SMILES string of the molecule is COC(=O)CNC(=O)[C@]12CCC(C)(C)CC1C1=CCC3[C@@]4(C)CC[C@@H]5[C@H]([C@@H]6OC(C(=O)O)[C@@H](O)C(O)C6O)O[C@@]5(C)C4CC[C@@]3(C)[C@]1(C)CC2. The van der Waals surface area contributed by atoms with E-state index in [1.165, 1.54) is 12.7 Å². The molecule has 0 bridgehead atoms. The molecule has 0 aromatic heterocycles. The summed E-state index contributed by atoms with van der Waals surface area (Å²) in [6.07, 6.45) is 3.61. The minimum Gasteiger partial charge on any atom is -0.479 e. The molecule has 280 valence electrons. The highest BCUT2D eigenvalue weighted by Crippen LogP contribution is 2.76. The molecule has 11 heteroatoms. The number of aliphatic hydroxyl groups excluding tert-OH is 3. The van der Waals surface area contributed by atoms with Crippen LogP contribution in [0.5, 0.6) is 0 Å². The summed E-state index contributed by atoms with van der Waals surface area (Å²) in [6.45, 7) is 14.1. The van der Waals surface area contributed by atoms with Crippen LogP contribution >= 0.6 is 0 Å². The van der Waals surface area contributed by atoms with E-state index < -0.39 is 59.6 Å². The highest BCUT2D eigenvalue weighted by atomic mass is 16.6. The van der Waals surface area contributed by atoms with E-state index >= 15 is 0 Å². The number of allylic oxidation sites excluding steroid dienone is 2. The van der Waals surface area contributed by atoms with E-state index in [0.717, 1.165) is 64.2 Å². The normalized spacial score (nSPS) is 51.9. The number of nitrogens with one attached hydrogen (secondary N) is 1. The van der Waals surface area contributed by atoms with E-state index in [2.05, 4.69) is 52.9 Å². The summed E-state index contributed by atoms with van der Waals surface area (Å²) in [6, 6.07) is 0. The Morgan fingerprint density at radius 1 is 0.880 bits per heavy atom. The van der Waals surface area contributed by atoms with Gasteiger partial charge in [0.1, 0.15) is 31.0 Å². The molecule has 0 aromatic carbocycles. The Morgan fingerprint density at radius 3 is 2.26 bits per heavy atom. The van der Waals surface area contributed by atoms with Crippen LogP contribution in [0.25, 0.3) is 0 Å². The monoisotopic (exact) mass is 701 g/mol. The van der Waals surface area contributed by atoms with Crippen molar-refractivity contribution in [3.05, 3.63) is 11.6 Å². The van der Waals surface area contributed by atoms with Crippen LogP contribution in [-0.4, -0.2) is 94.2 Å². The topological polar surface area (TPSA) is 172 Å². The first-order valence-corrected chi connectivity index (χ1v) is 19.0. The zero-order chi connectivity index (χ0) is 36.4. The van der Waals surface area contributed by atoms with Gasteiger partial charge in [-0.05, 0) is 111 Å². The van der Waals surface area contributed by atoms with Gasteiger partial charge < -0.3 is 40.0 Å². The average Bonchev–Trinajstić information content (AvgIpc) is 3.04. The van der Waals surface area contributed by atoms with Crippen LogP contribution in [0, 0.1) is 50.7 Å². The molecule has 15 atom stereocenters. The quantitative estimate of drug-likeness (QED) is 0.210. The molecule has 5 N–H and O–H groups in total. The Balaban J connectivity index is 1.16. The van der Waals surface area contributed by atoms with Gasteiger partial charge in [0, 0.05) is 5.92 Å². The van der Waals surface area contributed by atoms with Crippen molar-refractivity contribution in [1.82, 2.24) is 5.32 Å². The van der Waals surface area contributed by atoms with E-state index in [1.54, 1.807) is 0 Å². The summed E-state index contributed by atoms with van der Waals surface area (Å²) in [5.74, 6) is -1.06. The summed E-state index contributed by atoms with van der Waals surface area (Å²) in [4.78, 5) is 37.9. The fourth-order valence-corrected chi connectivity index (χ4v) is 13.4. The van der Waals surface area contributed by atoms with Crippen LogP contribution in [-0.2, 0) is 28.6 Å². The number of hydrogen-bond acceptors (Lipinski definition) is 9. The molecule has 50 heavy (non-hydrogen) atoms. The van der Waals surface area contributed by atoms with Crippen molar-refractivity contribution in [2.24, 2.45) is 50.7 Å². The molecular weight excluding hydrogens is 642 g/mol. The molecule has 0 aromatic rings. The van der Waals surface area contributed by atoms with Crippen molar-refractivity contribution in [3.63, 3.8) is 0 Å². The number of carbonyl (C=O) groups excluding carboxylic acids is 2. The Kier molecular flexibility index (Phi) is 8.52. The predicted molar refractivity (Wildman–Crippen MR) is 181 cm³/mol. The lowest BCUT2D eigenvalue weighted by atomic mass is 9.33. The molecule has 2 aliphatic heterocycles. The number of fused-ring (bicyclic) bond motifs is 9. The number of carboxylic acids is 1. The summed E-state index contributed by atoms with van der Waals surface area (Å²) in [5, 5.41) is 44.3. The molecule has 1 amide bonds. The molecule has 4 saturated carbocycles. The molecule has 5 aliphatic carbocycles. The van der Waals surface area contributed by atoms with E-state index in [9.17, 15) is 34.8 Å². The van der Waals surface area contributed by atoms with Crippen molar-refractivity contribution in [3.8, 4) is 0 Å². The first-order valence-electron chi connectivity index (χ1n) is 19.0. The number of hydrogen-bond donors (Lipinski definition) is 5. The third-order valence-electron chi connectivity index (χ3n) is 16.4. The van der Waals surface area contributed by atoms with Gasteiger partial charge >= 0.3 is 11.9 Å². The number of methoxy groups -OCH3 is 1. The lowest BCUT2D eigenvalue weighted by Gasteiger charge is -2.74. The molecule has 11 nitrogen and oxygen atoms in total. The second kappa shape index (κ2) is 11.7. The Bertz CT molecular complexity index is 1460. The Labute approximate surface area is 295 Å². The van der Waals surface area contributed by atoms with Gasteiger partial charge in [-0.3, -0.25) is 9.59 Å². The van der Waals surface area contributed by atoms with Crippen LogP contribution in [0.3, 0.4) is 0 Å². The molecule has 0 radical (unpaired) electrons. The molecule has 6 fully saturated rings. The van der Waals surface area contributed by atoms with Gasteiger partial charge in [-0.25, -0.2) is 4.79 Å². The standard InChI is InChI=1S/C39H59NO10/c1-34(2)14-16-39(33(47)40-19-25(41)48-7)17-15-36(4)20(22(39)18-34)8-9-23-35(3)12-10-21-29(50-38(21,6)24(35)11-13-37(23,36)5)30-27(43)26(42)28(44)31(49-30)32(45)46/h8,21-24,26-31,42-44H,9-19H2,1-7H3,(H,40,47)(H,45,46)/t21-,22?,23?,24?,26?,27?,28+,29-,30-,31?,35-,36-,37-,38-,39+/m1/s1. The van der Waals surface area contributed by atoms with Crippen molar-refractivity contribution in [2.45, 2.75) is 148 Å². The van der Waals surface area contributed by atoms with E-state index in [0.29, 0.717) is 5.92 Å². The highest BCUT2D eigenvalue weighted by Gasteiger charge is 2.73. The average molecular weight is 702 g/mol. The number of carboxylic acid groups (broad SMARTS) is 1.